The molecule has 5 heteroatoms. The molecule has 5 nitrogen and oxygen atoms in total. The Labute approximate surface area is 148 Å². The van der Waals surface area contributed by atoms with E-state index >= 15 is 0 Å². The SMILES string of the molecule is COC(=O)[C@@H](C(C)C)N(C)C(=O)c1ccc(-c2ccc(N)cc2)cc1. The quantitative estimate of drug-likeness (QED) is 0.670. The number of esters is 1. The number of nitrogen functional groups attached to an aromatic ring is 1. The smallest absolute Gasteiger partial charge is 0.328 e. The molecule has 0 heterocycles. The highest BCUT2D eigenvalue weighted by atomic mass is 16.5. The van der Waals surface area contributed by atoms with Crippen molar-refractivity contribution in [1.82, 2.24) is 4.90 Å². The minimum atomic E-state index is -0.616. The molecule has 2 rings (SSSR count). The van der Waals surface area contributed by atoms with Gasteiger partial charge in [-0.1, -0.05) is 38.1 Å². The van der Waals surface area contributed by atoms with Gasteiger partial charge in [-0.2, -0.15) is 0 Å². The Balaban J connectivity index is 2.21. The molecule has 132 valence electrons. The number of hydrogen-bond donors (Lipinski definition) is 1. The van der Waals surface area contributed by atoms with Crippen molar-refractivity contribution >= 4 is 17.6 Å². The second-order valence-electron chi connectivity index (χ2n) is 6.33. The molecule has 0 saturated heterocycles. The largest absolute Gasteiger partial charge is 0.467 e. The van der Waals surface area contributed by atoms with Crippen LogP contribution in [-0.4, -0.2) is 37.0 Å². The molecule has 0 fully saturated rings. The fraction of sp³-hybridized carbons (Fsp3) is 0.300. The number of rotatable bonds is 5. The molecule has 2 aromatic rings. The van der Waals surface area contributed by atoms with Crippen molar-refractivity contribution in [1.29, 1.82) is 0 Å². The minimum absolute atomic E-state index is 0.0459. The van der Waals surface area contributed by atoms with Crippen LogP contribution in [0.3, 0.4) is 0 Å². The Morgan fingerprint density at radius 2 is 1.44 bits per heavy atom. The number of likely N-dealkylation sites (N-methyl/N-ethyl adjacent to an activating group) is 1. The molecule has 0 aromatic heterocycles. The Kier molecular flexibility index (Phi) is 5.80. The number of benzene rings is 2. The molecular formula is C20H24N2O3. The lowest BCUT2D eigenvalue weighted by Crippen LogP contribution is -2.46. The van der Waals surface area contributed by atoms with Crippen LogP contribution >= 0.6 is 0 Å². The number of carbonyl (C=O) groups excluding carboxylic acids is 2. The van der Waals surface area contributed by atoms with Crippen LogP contribution in [0.4, 0.5) is 5.69 Å². The number of anilines is 1. The monoisotopic (exact) mass is 340 g/mol. The first-order valence-corrected chi connectivity index (χ1v) is 8.16. The zero-order chi connectivity index (χ0) is 18.6. The fourth-order valence-corrected chi connectivity index (χ4v) is 2.81. The third-order valence-corrected chi connectivity index (χ3v) is 4.19. The summed E-state index contributed by atoms with van der Waals surface area (Å²) in [5.74, 6) is -0.673. The number of amides is 1. The zero-order valence-electron chi connectivity index (χ0n) is 15.0. The van der Waals surface area contributed by atoms with Crippen molar-refractivity contribution in [3.8, 4) is 11.1 Å². The molecule has 0 aliphatic rings. The van der Waals surface area contributed by atoms with Crippen molar-refractivity contribution in [2.45, 2.75) is 19.9 Å². The van der Waals surface area contributed by atoms with Crippen LogP contribution in [0.1, 0.15) is 24.2 Å². The van der Waals surface area contributed by atoms with Crippen LogP contribution in [-0.2, 0) is 9.53 Å². The van der Waals surface area contributed by atoms with E-state index in [-0.39, 0.29) is 11.8 Å². The van der Waals surface area contributed by atoms with Gasteiger partial charge >= 0.3 is 5.97 Å². The van der Waals surface area contributed by atoms with E-state index in [0.717, 1.165) is 11.1 Å². The zero-order valence-corrected chi connectivity index (χ0v) is 15.0. The summed E-state index contributed by atoms with van der Waals surface area (Å²) >= 11 is 0. The van der Waals surface area contributed by atoms with Crippen LogP contribution in [0.5, 0.6) is 0 Å². The maximum Gasteiger partial charge on any atom is 0.328 e. The topological polar surface area (TPSA) is 72.6 Å². The lowest BCUT2D eigenvalue weighted by Gasteiger charge is -2.29. The molecule has 0 radical (unpaired) electrons. The molecule has 25 heavy (non-hydrogen) atoms. The third kappa shape index (κ3) is 4.18. The summed E-state index contributed by atoms with van der Waals surface area (Å²) in [5, 5.41) is 0. The van der Waals surface area contributed by atoms with Gasteiger partial charge in [-0.05, 0) is 41.3 Å². The molecule has 2 N–H and O–H groups in total. The maximum atomic E-state index is 12.7. The van der Waals surface area contributed by atoms with Gasteiger partial charge in [0, 0.05) is 18.3 Å². The van der Waals surface area contributed by atoms with Gasteiger partial charge in [0.2, 0.25) is 0 Å². The normalized spacial score (nSPS) is 11.9. The lowest BCUT2D eigenvalue weighted by atomic mass is 10.0. The summed E-state index contributed by atoms with van der Waals surface area (Å²) in [6.45, 7) is 3.77. The predicted octanol–water partition coefficient (Wildman–Crippen LogP) is 3.21. The molecule has 1 amide bonds. The Morgan fingerprint density at radius 1 is 0.960 bits per heavy atom. The van der Waals surface area contributed by atoms with Crippen LogP contribution in [0, 0.1) is 5.92 Å². The molecule has 0 aliphatic heterocycles. The van der Waals surface area contributed by atoms with Crippen LogP contribution in [0.15, 0.2) is 48.5 Å². The van der Waals surface area contributed by atoms with Crippen molar-refractivity contribution in [3.63, 3.8) is 0 Å². The summed E-state index contributed by atoms with van der Waals surface area (Å²) < 4.78 is 4.82. The number of nitrogens with zero attached hydrogens (tertiary/aromatic N) is 1. The van der Waals surface area contributed by atoms with Crippen molar-refractivity contribution in [2.75, 3.05) is 19.9 Å². The predicted molar refractivity (Wildman–Crippen MR) is 99.0 cm³/mol. The molecule has 0 aliphatic carbocycles. The second-order valence-corrected chi connectivity index (χ2v) is 6.33. The molecule has 1 atom stereocenters. The summed E-state index contributed by atoms with van der Waals surface area (Å²) in [4.78, 5) is 26.1. The molecular weight excluding hydrogens is 316 g/mol. The van der Waals surface area contributed by atoms with E-state index < -0.39 is 12.0 Å². The van der Waals surface area contributed by atoms with E-state index in [4.69, 9.17) is 10.5 Å². The van der Waals surface area contributed by atoms with E-state index in [2.05, 4.69) is 0 Å². The highest BCUT2D eigenvalue weighted by molar-refractivity contribution is 5.97. The van der Waals surface area contributed by atoms with Gasteiger partial charge in [0.05, 0.1) is 7.11 Å². The third-order valence-electron chi connectivity index (χ3n) is 4.19. The van der Waals surface area contributed by atoms with E-state index in [0.29, 0.717) is 11.3 Å². The molecule has 0 saturated carbocycles. The Hall–Kier alpha value is -2.82. The van der Waals surface area contributed by atoms with Crippen LogP contribution in [0.2, 0.25) is 0 Å². The van der Waals surface area contributed by atoms with E-state index in [1.165, 1.54) is 12.0 Å². The number of hydrogen-bond acceptors (Lipinski definition) is 4. The summed E-state index contributed by atoms with van der Waals surface area (Å²) in [5.41, 5.74) is 8.95. The number of methoxy groups -OCH3 is 1. The maximum absolute atomic E-state index is 12.7. The standard InChI is InChI=1S/C20H24N2O3/c1-13(2)18(20(24)25-4)22(3)19(23)16-7-5-14(6-8-16)15-9-11-17(21)12-10-15/h5-13,18H,21H2,1-4H3/t18-/m1/s1. The van der Waals surface area contributed by atoms with Gasteiger partial charge in [0.15, 0.2) is 0 Å². The molecule has 0 spiro atoms. The highest BCUT2D eigenvalue weighted by Gasteiger charge is 2.31. The van der Waals surface area contributed by atoms with E-state index in [9.17, 15) is 9.59 Å². The second kappa shape index (κ2) is 7.83. The van der Waals surface area contributed by atoms with Crippen LogP contribution < -0.4 is 5.73 Å². The van der Waals surface area contributed by atoms with Crippen molar-refractivity contribution in [3.05, 3.63) is 54.1 Å². The Bertz CT molecular complexity index is 737. The first kappa shape index (κ1) is 18.5. The average Bonchev–Trinajstić information content (AvgIpc) is 2.61. The van der Waals surface area contributed by atoms with Gasteiger partial charge in [-0.25, -0.2) is 4.79 Å². The average molecular weight is 340 g/mol. The minimum Gasteiger partial charge on any atom is -0.467 e. The highest BCUT2D eigenvalue weighted by Crippen LogP contribution is 2.22. The van der Waals surface area contributed by atoms with Gasteiger partial charge in [0.25, 0.3) is 5.91 Å². The molecule has 2 aromatic carbocycles. The Morgan fingerprint density at radius 3 is 1.88 bits per heavy atom. The van der Waals surface area contributed by atoms with Gasteiger partial charge in [0.1, 0.15) is 6.04 Å². The summed E-state index contributed by atoms with van der Waals surface area (Å²) in [6, 6.07) is 14.2. The summed E-state index contributed by atoms with van der Waals surface area (Å²) in [6.07, 6.45) is 0. The first-order chi connectivity index (χ1) is 11.8. The van der Waals surface area contributed by atoms with E-state index in [1.54, 1.807) is 19.2 Å². The van der Waals surface area contributed by atoms with Crippen LogP contribution in [0.25, 0.3) is 11.1 Å². The van der Waals surface area contributed by atoms with Gasteiger partial charge in [-0.3, -0.25) is 4.79 Å². The number of nitrogens with two attached hydrogens (primary N) is 1. The lowest BCUT2D eigenvalue weighted by molar-refractivity contribution is -0.147. The molecule has 0 unspecified atom stereocenters. The number of carbonyl (C=O) groups is 2. The van der Waals surface area contributed by atoms with Crippen molar-refractivity contribution < 1.29 is 14.3 Å². The van der Waals surface area contributed by atoms with E-state index in [1.807, 2.05) is 50.2 Å². The van der Waals surface area contributed by atoms with Gasteiger partial charge in [-0.15, -0.1) is 0 Å². The summed E-state index contributed by atoms with van der Waals surface area (Å²) in [7, 11) is 2.95. The molecule has 0 bridgehead atoms. The first-order valence-electron chi connectivity index (χ1n) is 8.16. The number of ether oxygens (including phenoxy) is 1. The van der Waals surface area contributed by atoms with Gasteiger partial charge < -0.3 is 15.4 Å². The fourth-order valence-electron chi connectivity index (χ4n) is 2.81. The van der Waals surface area contributed by atoms with Crippen molar-refractivity contribution in [2.24, 2.45) is 5.92 Å².